The smallest absolute Gasteiger partial charge is 0.463 e. The van der Waals surface area contributed by atoms with Gasteiger partial charge in [0.15, 0.2) is 6.10 Å². The summed E-state index contributed by atoms with van der Waals surface area (Å²) in [5.74, 6) is -1.68. The van der Waals surface area contributed by atoms with Gasteiger partial charge in [-0.05, 0) is 109 Å². The normalized spacial score (nSPS) is 15.0. The highest BCUT2D eigenvalue weighted by Gasteiger charge is 2.29. The third kappa shape index (κ3) is 70.6. The second-order valence-corrected chi connectivity index (χ2v) is 26.5. The first kappa shape index (κ1) is 90.4. The first-order valence-electron chi connectivity index (χ1n) is 36.1. The summed E-state index contributed by atoms with van der Waals surface area (Å²) in [7, 11) is -9.80. The molecular formula is C77H128O16P2. The maximum absolute atomic E-state index is 12.9. The maximum atomic E-state index is 12.9. The summed E-state index contributed by atoms with van der Waals surface area (Å²) in [5, 5.41) is 20.6. The van der Waals surface area contributed by atoms with Crippen LogP contribution in [0.1, 0.15) is 265 Å². The van der Waals surface area contributed by atoms with Crippen LogP contribution in [-0.4, -0.2) is 95.9 Å². The van der Waals surface area contributed by atoms with Gasteiger partial charge in [0.25, 0.3) is 0 Å². The minimum Gasteiger partial charge on any atom is -0.463 e. The predicted molar refractivity (Wildman–Crippen MR) is 389 cm³/mol. The molecule has 0 aromatic carbocycles. The molecule has 0 radical (unpaired) electrons. The highest BCUT2D eigenvalue weighted by atomic mass is 31.2. The van der Waals surface area contributed by atoms with E-state index in [0.29, 0.717) is 25.7 Å². The molecule has 0 saturated heterocycles. The van der Waals surface area contributed by atoms with Crippen LogP contribution in [0.3, 0.4) is 0 Å². The molecule has 0 aliphatic rings. The van der Waals surface area contributed by atoms with E-state index in [4.69, 9.17) is 32.3 Å². The van der Waals surface area contributed by atoms with Crippen molar-refractivity contribution in [1.29, 1.82) is 0 Å². The average molecular weight is 1370 g/mol. The van der Waals surface area contributed by atoms with Gasteiger partial charge in [0, 0.05) is 19.3 Å². The van der Waals surface area contributed by atoms with Gasteiger partial charge in [-0.3, -0.25) is 32.5 Å². The van der Waals surface area contributed by atoms with Crippen molar-refractivity contribution < 1.29 is 75.8 Å². The number of carbonyl (C=O) groups is 3. The van der Waals surface area contributed by atoms with Crippen LogP contribution in [0.5, 0.6) is 0 Å². The Balaban J connectivity index is 4.52. The van der Waals surface area contributed by atoms with Crippen molar-refractivity contribution in [3.05, 3.63) is 146 Å². The molecule has 0 amide bonds. The highest BCUT2D eigenvalue weighted by Crippen LogP contribution is 2.45. The molecule has 0 fully saturated rings. The number of phosphoric ester groups is 2. The molecule has 0 bridgehead atoms. The molecule has 0 aromatic heterocycles. The fraction of sp³-hybridized carbons (Fsp3) is 0.649. The van der Waals surface area contributed by atoms with Crippen LogP contribution >= 0.6 is 15.6 Å². The molecule has 4 N–H and O–H groups in total. The second kappa shape index (κ2) is 69.3. The summed E-state index contributed by atoms with van der Waals surface area (Å²) >= 11 is 0. The Morgan fingerprint density at radius 3 is 0.947 bits per heavy atom. The quantitative estimate of drug-likeness (QED) is 0.0146. The number of aliphatic hydroxyl groups excluding tert-OH is 2. The van der Waals surface area contributed by atoms with Gasteiger partial charge in [-0.25, -0.2) is 9.13 Å². The largest absolute Gasteiger partial charge is 0.472 e. The number of hydrogen-bond donors (Lipinski definition) is 4. The maximum Gasteiger partial charge on any atom is 0.472 e. The third-order valence-corrected chi connectivity index (χ3v) is 16.5. The van der Waals surface area contributed by atoms with Gasteiger partial charge in [0.2, 0.25) is 0 Å². The number of ether oxygens (including phenoxy) is 3. The number of allylic oxidation sites excluding steroid dienone is 24. The zero-order valence-electron chi connectivity index (χ0n) is 58.8. The van der Waals surface area contributed by atoms with Crippen molar-refractivity contribution in [2.75, 3.05) is 39.6 Å². The molecule has 95 heavy (non-hydrogen) atoms. The van der Waals surface area contributed by atoms with E-state index in [-0.39, 0.29) is 19.3 Å². The van der Waals surface area contributed by atoms with Gasteiger partial charge in [-0.1, -0.05) is 282 Å². The lowest BCUT2D eigenvalue weighted by molar-refractivity contribution is -0.161. The summed E-state index contributed by atoms with van der Waals surface area (Å²) in [6.07, 6.45) is 83.6. The monoisotopic (exact) mass is 1370 g/mol. The first-order valence-corrected chi connectivity index (χ1v) is 39.1. The van der Waals surface area contributed by atoms with Crippen LogP contribution in [0.2, 0.25) is 0 Å². The Labute approximate surface area is 575 Å². The molecule has 0 aliphatic carbocycles. The Bertz CT molecular complexity index is 2310. The molecule has 5 unspecified atom stereocenters. The van der Waals surface area contributed by atoms with Crippen molar-refractivity contribution in [1.82, 2.24) is 0 Å². The Hall–Kier alpha value is -4.57. The molecule has 18 heteroatoms. The fourth-order valence-electron chi connectivity index (χ4n) is 9.13. The van der Waals surface area contributed by atoms with Gasteiger partial charge in [-0.15, -0.1) is 0 Å². The lowest BCUT2D eigenvalue weighted by atomic mass is 10.1. The Kier molecular flexibility index (Phi) is 66.0. The molecule has 0 rings (SSSR count). The topological polar surface area (TPSA) is 231 Å². The van der Waals surface area contributed by atoms with Crippen LogP contribution < -0.4 is 0 Å². The number of unbranched alkanes of at least 4 members (excludes halogenated alkanes) is 20. The van der Waals surface area contributed by atoms with E-state index in [1.165, 1.54) is 70.6 Å². The molecule has 16 nitrogen and oxygen atoms in total. The second-order valence-electron chi connectivity index (χ2n) is 23.6. The van der Waals surface area contributed by atoms with E-state index in [1.807, 2.05) is 18.2 Å². The molecule has 0 heterocycles. The summed E-state index contributed by atoms with van der Waals surface area (Å²) < 4.78 is 60.8. The predicted octanol–water partition coefficient (Wildman–Crippen LogP) is 20.5. The molecule has 0 saturated carbocycles. The molecule has 542 valence electrons. The minimum absolute atomic E-state index is 0.0435. The van der Waals surface area contributed by atoms with Crippen LogP contribution in [0.15, 0.2) is 146 Å². The molecule has 0 aromatic rings. The minimum atomic E-state index is -4.94. The van der Waals surface area contributed by atoms with Crippen molar-refractivity contribution in [2.45, 2.75) is 283 Å². The van der Waals surface area contributed by atoms with Crippen LogP contribution in [-0.2, 0) is 55.8 Å². The lowest BCUT2D eigenvalue weighted by Crippen LogP contribution is -2.30. The number of rotatable bonds is 67. The number of carbonyl (C=O) groups excluding carboxylic acids is 3. The SMILES string of the molecule is CC/C=C\C/C=C\C/C=C\C/C=C\C/C=C\C/C=C\CCCCCCCCCCCCC(=O)OCC(O)COP(=O)(O)OCC(O)COP(=O)(O)OCC(COC(=O)CC/C=C\C/C=C\C/C=C\C/C=C\C/C=C\C/C=C\CC)OC(=O)CCCCCCCCCCCCC. The molecule has 0 aliphatic heterocycles. The summed E-state index contributed by atoms with van der Waals surface area (Å²) in [4.78, 5) is 58.3. The summed E-state index contributed by atoms with van der Waals surface area (Å²) in [6, 6.07) is 0. The fourth-order valence-corrected chi connectivity index (χ4v) is 10.7. The first-order chi connectivity index (χ1) is 46.2. The van der Waals surface area contributed by atoms with Gasteiger partial charge in [0.1, 0.15) is 25.4 Å². The number of hydrogen-bond acceptors (Lipinski definition) is 14. The van der Waals surface area contributed by atoms with Crippen LogP contribution in [0.25, 0.3) is 0 Å². The van der Waals surface area contributed by atoms with Crippen molar-refractivity contribution >= 4 is 33.6 Å². The van der Waals surface area contributed by atoms with Crippen molar-refractivity contribution in [3.8, 4) is 0 Å². The summed E-state index contributed by atoms with van der Waals surface area (Å²) in [5.41, 5.74) is 0. The lowest BCUT2D eigenvalue weighted by Gasteiger charge is -2.21. The highest BCUT2D eigenvalue weighted by molar-refractivity contribution is 7.47. The van der Waals surface area contributed by atoms with E-state index in [2.05, 4.69) is 148 Å². The van der Waals surface area contributed by atoms with Gasteiger partial charge in [-0.2, -0.15) is 0 Å². The average Bonchev–Trinajstić information content (AvgIpc) is 2.67. The number of esters is 3. The van der Waals surface area contributed by atoms with Crippen molar-refractivity contribution in [3.63, 3.8) is 0 Å². The molecule has 0 spiro atoms. The number of aliphatic hydroxyl groups is 2. The van der Waals surface area contributed by atoms with E-state index < -0.39 is 91.5 Å². The van der Waals surface area contributed by atoms with Gasteiger partial charge < -0.3 is 34.2 Å². The van der Waals surface area contributed by atoms with Gasteiger partial charge in [0.05, 0.1) is 26.4 Å². The molecular weight excluding hydrogens is 1240 g/mol. The Morgan fingerprint density at radius 1 is 0.305 bits per heavy atom. The summed E-state index contributed by atoms with van der Waals surface area (Å²) in [6.45, 7) is 2.32. The van der Waals surface area contributed by atoms with E-state index in [0.717, 1.165) is 128 Å². The molecule has 5 atom stereocenters. The zero-order valence-corrected chi connectivity index (χ0v) is 60.6. The number of phosphoric acid groups is 2. The van der Waals surface area contributed by atoms with Crippen LogP contribution in [0, 0.1) is 0 Å². The van der Waals surface area contributed by atoms with E-state index in [9.17, 15) is 43.5 Å². The standard InChI is InChI=1S/C77H128O16P2/c1-4-7-10-13-16-19-22-24-26-28-30-31-32-33-34-35-36-37-38-39-41-43-44-46-49-51-54-57-60-63-75(80)87-66-72(78)67-89-94(83,84)90-68-73(79)69-91-95(85,86)92-71-74(93-77(82)65-62-59-56-53-48-21-18-15-12-9-6-3)70-88-76(81)64-61-58-55-52-50-47-45-42-40-29-27-25-23-20-17-14-11-8-5-2/h7-8,10-11,16-17,19-20,24-27,30-31,33-34,36-37,40,42,47,50,55,58,72-74,78-79H,4-6,9,12-15,18,21-23,28-29,32,35,38-39,41,43-46,48-49,51-54,56-57,59-71H2,1-3H3,(H,83,84)(H,85,86)/b10-7-,11-8-,19-16-,20-17-,26-24-,27-25-,31-30-,34-33-,37-36-,42-40-,50-47-,58-55-. The van der Waals surface area contributed by atoms with E-state index in [1.54, 1.807) is 0 Å². The van der Waals surface area contributed by atoms with Crippen LogP contribution in [0.4, 0.5) is 0 Å². The Morgan fingerprint density at radius 2 is 0.579 bits per heavy atom. The zero-order chi connectivity index (χ0) is 69.5. The van der Waals surface area contributed by atoms with E-state index >= 15 is 0 Å². The third-order valence-electron chi connectivity index (χ3n) is 14.6. The van der Waals surface area contributed by atoms with Gasteiger partial charge >= 0.3 is 33.6 Å². The van der Waals surface area contributed by atoms with Crippen molar-refractivity contribution in [2.24, 2.45) is 0 Å².